The van der Waals surface area contributed by atoms with Gasteiger partial charge in [-0.05, 0) is 42.5 Å². The maximum absolute atomic E-state index is 13.7. The van der Waals surface area contributed by atoms with Gasteiger partial charge < -0.3 is 37.5 Å². The molecular weight excluding hydrogens is 548 g/mol. The van der Waals surface area contributed by atoms with Gasteiger partial charge in [-0.3, -0.25) is 14.4 Å². The Balaban J connectivity index is 1.84. The van der Waals surface area contributed by atoms with Gasteiger partial charge in [-0.25, -0.2) is 4.79 Å². The number of amides is 3. The molecule has 0 saturated carbocycles. The fraction of sp³-hybridized carbons (Fsp3) is 0.438. The Hall–Kier alpha value is -4.22. The van der Waals surface area contributed by atoms with Crippen LogP contribution < -0.4 is 27.4 Å². The molecule has 0 bridgehead atoms. The van der Waals surface area contributed by atoms with Crippen molar-refractivity contribution in [3.05, 3.63) is 71.9 Å². The molecule has 0 spiro atoms. The molecular formula is C32H44N6O5. The molecule has 0 saturated heterocycles. The van der Waals surface area contributed by atoms with Crippen LogP contribution in [0.25, 0.3) is 10.9 Å². The summed E-state index contributed by atoms with van der Waals surface area (Å²) in [5.41, 5.74) is 14.0. The standard InChI is InChI=1S/C32H44N6O5/c1-3-20(2)28(38-29(39)24(34)14-9-10-16-33)31(41)36-26(18-22-19-35-25-15-8-7-13-23(22)25)30(40)37-27(32(42)43)17-21-11-5-4-6-12-21/h4-8,11-13,15,19-20,24,26-28,35H,3,9-10,14,16-18,33-34H2,1-2H3,(H,36,41)(H,37,40)(H,38,39)(H,42,43). The van der Waals surface area contributed by atoms with Crippen LogP contribution in [0.2, 0.25) is 0 Å². The average molecular weight is 593 g/mol. The van der Waals surface area contributed by atoms with E-state index in [1.54, 1.807) is 30.5 Å². The Labute approximate surface area is 252 Å². The molecule has 11 nitrogen and oxygen atoms in total. The lowest BCUT2D eigenvalue weighted by atomic mass is 9.96. The number of hydrogen-bond acceptors (Lipinski definition) is 6. The number of carbonyl (C=O) groups is 4. The van der Waals surface area contributed by atoms with Gasteiger partial charge in [0.1, 0.15) is 18.1 Å². The van der Waals surface area contributed by atoms with Crippen LogP contribution in [0.3, 0.4) is 0 Å². The second-order valence-electron chi connectivity index (χ2n) is 11.0. The summed E-state index contributed by atoms with van der Waals surface area (Å²) >= 11 is 0. The monoisotopic (exact) mass is 592 g/mol. The number of aliphatic carboxylic acids is 1. The lowest BCUT2D eigenvalue weighted by Gasteiger charge is -2.28. The zero-order valence-electron chi connectivity index (χ0n) is 24.8. The van der Waals surface area contributed by atoms with Crippen LogP contribution in [0.1, 0.15) is 50.7 Å². The Morgan fingerprint density at radius 1 is 0.860 bits per heavy atom. The molecule has 3 rings (SSSR count). The number of carboxylic acids is 1. The molecule has 232 valence electrons. The van der Waals surface area contributed by atoms with Gasteiger partial charge in [0, 0.05) is 29.9 Å². The van der Waals surface area contributed by atoms with E-state index in [4.69, 9.17) is 11.5 Å². The summed E-state index contributed by atoms with van der Waals surface area (Å²) in [6.07, 6.45) is 4.38. The molecule has 0 fully saturated rings. The zero-order valence-corrected chi connectivity index (χ0v) is 24.8. The Bertz CT molecular complexity index is 1360. The van der Waals surface area contributed by atoms with E-state index in [-0.39, 0.29) is 18.8 Å². The van der Waals surface area contributed by atoms with Crippen LogP contribution in [-0.2, 0) is 32.0 Å². The molecule has 0 aliphatic carbocycles. The molecule has 9 N–H and O–H groups in total. The fourth-order valence-corrected chi connectivity index (χ4v) is 4.92. The first kappa shape index (κ1) is 33.3. The largest absolute Gasteiger partial charge is 0.480 e. The predicted molar refractivity (Wildman–Crippen MR) is 166 cm³/mol. The number of aromatic nitrogens is 1. The normalized spacial score (nSPS) is 14.7. The quantitative estimate of drug-likeness (QED) is 0.117. The van der Waals surface area contributed by atoms with Crippen molar-refractivity contribution in [1.82, 2.24) is 20.9 Å². The van der Waals surface area contributed by atoms with Crippen molar-refractivity contribution in [3.8, 4) is 0 Å². The van der Waals surface area contributed by atoms with Gasteiger partial charge in [-0.1, -0.05) is 75.2 Å². The van der Waals surface area contributed by atoms with Crippen LogP contribution in [0.15, 0.2) is 60.8 Å². The van der Waals surface area contributed by atoms with Crippen molar-refractivity contribution in [2.45, 2.75) is 76.5 Å². The number of rotatable bonds is 17. The van der Waals surface area contributed by atoms with Crippen LogP contribution in [-0.4, -0.2) is 64.5 Å². The molecule has 3 amide bonds. The number of H-pyrrole nitrogens is 1. The summed E-state index contributed by atoms with van der Waals surface area (Å²) in [6, 6.07) is 12.5. The number of hydrogen-bond donors (Lipinski definition) is 7. The number of fused-ring (bicyclic) bond motifs is 1. The molecule has 1 heterocycles. The fourth-order valence-electron chi connectivity index (χ4n) is 4.92. The Morgan fingerprint density at radius 3 is 2.21 bits per heavy atom. The third kappa shape index (κ3) is 9.65. The van der Waals surface area contributed by atoms with Gasteiger partial charge in [-0.15, -0.1) is 0 Å². The zero-order chi connectivity index (χ0) is 31.4. The molecule has 0 aliphatic rings. The maximum Gasteiger partial charge on any atom is 0.326 e. The van der Waals surface area contributed by atoms with E-state index in [1.165, 1.54) is 0 Å². The van der Waals surface area contributed by atoms with Gasteiger partial charge >= 0.3 is 5.97 Å². The second-order valence-corrected chi connectivity index (χ2v) is 11.0. The molecule has 5 atom stereocenters. The molecule has 0 radical (unpaired) electrons. The molecule has 3 aromatic rings. The topological polar surface area (TPSA) is 192 Å². The number of nitrogens with two attached hydrogens (primary N) is 2. The van der Waals surface area contributed by atoms with Crippen LogP contribution in [0.5, 0.6) is 0 Å². The minimum atomic E-state index is -1.21. The van der Waals surface area contributed by atoms with E-state index in [1.807, 2.05) is 44.2 Å². The van der Waals surface area contributed by atoms with Crippen molar-refractivity contribution in [2.24, 2.45) is 17.4 Å². The van der Waals surface area contributed by atoms with E-state index in [0.29, 0.717) is 25.8 Å². The van der Waals surface area contributed by atoms with Crippen molar-refractivity contribution >= 4 is 34.6 Å². The lowest BCUT2D eigenvalue weighted by molar-refractivity contribution is -0.142. The first-order valence-corrected chi connectivity index (χ1v) is 14.8. The van der Waals surface area contributed by atoms with Gasteiger partial charge in [0.2, 0.25) is 17.7 Å². The van der Waals surface area contributed by atoms with E-state index >= 15 is 0 Å². The summed E-state index contributed by atoms with van der Waals surface area (Å²) in [5.74, 6) is -3.10. The minimum Gasteiger partial charge on any atom is -0.480 e. The highest BCUT2D eigenvalue weighted by Gasteiger charge is 2.33. The summed E-state index contributed by atoms with van der Waals surface area (Å²) in [4.78, 5) is 55.5. The number of aromatic amines is 1. The lowest BCUT2D eigenvalue weighted by Crippen LogP contribution is -2.59. The van der Waals surface area contributed by atoms with Crippen LogP contribution in [0.4, 0.5) is 0 Å². The minimum absolute atomic E-state index is 0.0727. The molecule has 5 unspecified atom stereocenters. The molecule has 1 aromatic heterocycles. The van der Waals surface area contributed by atoms with Gasteiger partial charge in [0.25, 0.3) is 0 Å². The van der Waals surface area contributed by atoms with E-state index in [2.05, 4.69) is 20.9 Å². The van der Waals surface area contributed by atoms with Gasteiger partial charge in [0.05, 0.1) is 6.04 Å². The first-order valence-electron chi connectivity index (χ1n) is 14.8. The van der Waals surface area contributed by atoms with E-state index in [9.17, 15) is 24.3 Å². The summed E-state index contributed by atoms with van der Waals surface area (Å²) in [5, 5.41) is 19.0. The summed E-state index contributed by atoms with van der Waals surface area (Å²) in [7, 11) is 0. The Morgan fingerprint density at radius 2 is 1.53 bits per heavy atom. The van der Waals surface area contributed by atoms with Crippen LogP contribution in [0, 0.1) is 5.92 Å². The number of benzene rings is 2. The molecule has 2 aromatic carbocycles. The first-order chi connectivity index (χ1) is 20.6. The number of carboxylic acid groups (broad SMARTS) is 1. The van der Waals surface area contributed by atoms with Gasteiger partial charge in [0.15, 0.2) is 0 Å². The smallest absolute Gasteiger partial charge is 0.326 e. The van der Waals surface area contributed by atoms with Crippen molar-refractivity contribution in [1.29, 1.82) is 0 Å². The van der Waals surface area contributed by atoms with Gasteiger partial charge in [-0.2, -0.15) is 0 Å². The maximum atomic E-state index is 13.7. The average Bonchev–Trinajstić information content (AvgIpc) is 3.41. The van der Waals surface area contributed by atoms with Crippen molar-refractivity contribution < 1.29 is 24.3 Å². The van der Waals surface area contributed by atoms with Crippen molar-refractivity contribution in [3.63, 3.8) is 0 Å². The molecule has 0 aliphatic heterocycles. The van der Waals surface area contributed by atoms with E-state index < -0.39 is 47.9 Å². The highest BCUT2D eigenvalue weighted by molar-refractivity contribution is 5.95. The SMILES string of the molecule is CCC(C)C(NC(=O)C(N)CCCCN)C(=O)NC(Cc1c[nH]c2ccccc12)C(=O)NC(Cc1ccccc1)C(=O)O. The number of nitrogens with one attached hydrogen (secondary N) is 4. The third-order valence-electron chi connectivity index (χ3n) is 7.73. The summed E-state index contributed by atoms with van der Waals surface area (Å²) < 4.78 is 0. The third-order valence-corrected chi connectivity index (χ3v) is 7.73. The number of carbonyl (C=O) groups excluding carboxylic acids is 3. The summed E-state index contributed by atoms with van der Waals surface area (Å²) in [6.45, 7) is 4.23. The highest BCUT2D eigenvalue weighted by Crippen LogP contribution is 2.20. The Kier molecular flexibility index (Phi) is 12.7. The second kappa shape index (κ2) is 16.4. The van der Waals surface area contributed by atoms with Crippen LogP contribution >= 0.6 is 0 Å². The highest BCUT2D eigenvalue weighted by atomic mass is 16.4. The predicted octanol–water partition coefficient (Wildman–Crippen LogP) is 1.99. The van der Waals surface area contributed by atoms with E-state index in [0.717, 1.165) is 28.5 Å². The number of para-hydroxylation sites is 1. The molecule has 43 heavy (non-hydrogen) atoms. The number of unbranched alkanes of at least 4 members (excludes halogenated alkanes) is 1. The molecule has 11 heteroatoms. The van der Waals surface area contributed by atoms with Crippen molar-refractivity contribution in [2.75, 3.05) is 6.54 Å².